The summed E-state index contributed by atoms with van der Waals surface area (Å²) >= 11 is 0. The molecule has 1 heterocycles. The minimum atomic E-state index is -0.0977. The number of aromatic amines is 1. The van der Waals surface area contributed by atoms with Gasteiger partial charge < -0.3 is 14.6 Å². The van der Waals surface area contributed by atoms with Gasteiger partial charge in [-0.3, -0.25) is 4.79 Å². The Labute approximate surface area is 114 Å². The number of hydrogen-bond donors (Lipinski definition) is 1. The van der Waals surface area contributed by atoms with Crippen molar-refractivity contribution in [1.29, 1.82) is 0 Å². The first-order valence-electron chi connectivity index (χ1n) is 6.96. The maximum absolute atomic E-state index is 11.6. The van der Waals surface area contributed by atoms with Crippen molar-refractivity contribution in [3.8, 4) is 0 Å². The minimum Gasteiger partial charge on any atom is -0.379 e. The van der Waals surface area contributed by atoms with E-state index >= 15 is 0 Å². The van der Waals surface area contributed by atoms with Crippen LogP contribution in [-0.2, 0) is 4.74 Å². The number of H-pyrrole nitrogens is 1. The zero-order chi connectivity index (χ0) is 13.8. The highest BCUT2D eigenvalue weighted by molar-refractivity contribution is 5.36. The number of likely N-dealkylation sites (N-methyl/N-ethyl adjacent to an activating group) is 1. The second-order valence-electron chi connectivity index (χ2n) is 5.58. The van der Waals surface area contributed by atoms with Crippen LogP contribution in [0.25, 0.3) is 0 Å². The molecule has 1 aromatic rings. The highest BCUT2D eigenvalue weighted by Crippen LogP contribution is 2.28. The van der Waals surface area contributed by atoms with Crippen LogP contribution in [0.15, 0.2) is 10.9 Å². The van der Waals surface area contributed by atoms with Gasteiger partial charge in [0.05, 0.1) is 6.61 Å². The Bertz CT molecular complexity index is 466. The first-order valence-corrected chi connectivity index (χ1v) is 6.96. The Kier molecular flexibility index (Phi) is 4.58. The molecule has 5 heteroatoms. The van der Waals surface area contributed by atoms with Crippen molar-refractivity contribution in [2.75, 3.05) is 31.7 Å². The molecule has 0 amide bonds. The normalized spacial score (nSPS) is 14.9. The average molecular weight is 265 g/mol. The van der Waals surface area contributed by atoms with Crippen molar-refractivity contribution in [3.63, 3.8) is 0 Å². The van der Waals surface area contributed by atoms with E-state index in [1.807, 2.05) is 25.8 Å². The molecule has 1 aliphatic carbocycles. The summed E-state index contributed by atoms with van der Waals surface area (Å²) in [6.45, 7) is 6.33. The zero-order valence-electron chi connectivity index (χ0n) is 12.0. The lowest BCUT2D eigenvalue weighted by molar-refractivity contribution is 0.130. The zero-order valence-corrected chi connectivity index (χ0v) is 12.0. The number of aromatic nitrogens is 2. The van der Waals surface area contributed by atoms with Gasteiger partial charge in [-0.25, -0.2) is 4.98 Å². The third kappa shape index (κ3) is 4.35. The molecule has 0 radical (unpaired) electrons. The minimum absolute atomic E-state index is 0.0977. The molecule has 0 atom stereocenters. The Hall–Kier alpha value is -1.36. The molecule has 0 spiro atoms. The SMILES string of the molecule is CC(C)c1nc(N(C)CCOCC2CC2)cc(=O)[nH]1. The lowest BCUT2D eigenvalue weighted by atomic mass is 10.2. The molecular formula is C14H23N3O2. The van der Waals surface area contributed by atoms with Crippen molar-refractivity contribution in [1.82, 2.24) is 9.97 Å². The molecule has 1 saturated carbocycles. The van der Waals surface area contributed by atoms with Gasteiger partial charge in [-0.05, 0) is 18.8 Å². The number of nitrogens with zero attached hydrogens (tertiary/aromatic N) is 2. The molecule has 0 aromatic carbocycles. The van der Waals surface area contributed by atoms with Crippen LogP contribution >= 0.6 is 0 Å². The van der Waals surface area contributed by atoms with E-state index in [0.29, 0.717) is 12.4 Å². The lowest BCUT2D eigenvalue weighted by Crippen LogP contribution is -2.26. The van der Waals surface area contributed by atoms with Crippen LogP contribution in [0.5, 0.6) is 0 Å². The maximum Gasteiger partial charge on any atom is 0.252 e. The monoisotopic (exact) mass is 265 g/mol. The quantitative estimate of drug-likeness (QED) is 0.763. The number of nitrogens with one attached hydrogen (secondary N) is 1. The largest absolute Gasteiger partial charge is 0.379 e. The van der Waals surface area contributed by atoms with Crippen LogP contribution in [-0.4, -0.2) is 36.8 Å². The molecule has 1 N–H and O–H groups in total. The third-order valence-electron chi connectivity index (χ3n) is 3.31. The standard InChI is InChI=1S/C14H23N3O2/c1-10(2)14-15-12(8-13(18)16-14)17(3)6-7-19-9-11-4-5-11/h8,10-11H,4-7,9H2,1-3H3,(H,15,16,18). The van der Waals surface area contributed by atoms with Gasteiger partial charge >= 0.3 is 0 Å². The molecule has 0 aliphatic heterocycles. The lowest BCUT2D eigenvalue weighted by Gasteiger charge is -2.19. The van der Waals surface area contributed by atoms with E-state index in [4.69, 9.17) is 4.74 Å². The molecule has 1 fully saturated rings. The average Bonchev–Trinajstić information content (AvgIpc) is 3.17. The van der Waals surface area contributed by atoms with Crippen molar-refractivity contribution in [2.45, 2.75) is 32.6 Å². The fourth-order valence-corrected chi connectivity index (χ4v) is 1.78. The summed E-state index contributed by atoms with van der Waals surface area (Å²) < 4.78 is 5.60. The molecule has 2 rings (SSSR count). The fourth-order valence-electron chi connectivity index (χ4n) is 1.78. The van der Waals surface area contributed by atoms with Gasteiger partial charge in [-0.15, -0.1) is 0 Å². The van der Waals surface area contributed by atoms with Crippen LogP contribution in [0.2, 0.25) is 0 Å². The van der Waals surface area contributed by atoms with Crippen LogP contribution < -0.4 is 10.5 Å². The number of anilines is 1. The summed E-state index contributed by atoms with van der Waals surface area (Å²) in [5.41, 5.74) is -0.0977. The van der Waals surface area contributed by atoms with Crippen LogP contribution in [0.4, 0.5) is 5.82 Å². The molecular weight excluding hydrogens is 242 g/mol. The van der Waals surface area contributed by atoms with Crippen molar-refractivity contribution in [2.24, 2.45) is 5.92 Å². The van der Waals surface area contributed by atoms with Gasteiger partial charge in [0.25, 0.3) is 5.56 Å². The van der Waals surface area contributed by atoms with E-state index < -0.39 is 0 Å². The van der Waals surface area contributed by atoms with E-state index in [-0.39, 0.29) is 11.5 Å². The predicted octanol–water partition coefficient (Wildman–Crippen LogP) is 1.76. The molecule has 106 valence electrons. The summed E-state index contributed by atoms with van der Waals surface area (Å²) in [6, 6.07) is 1.53. The first-order chi connectivity index (χ1) is 9.06. The van der Waals surface area contributed by atoms with Crippen LogP contribution in [0.1, 0.15) is 38.4 Å². The summed E-state index contributed by atoms with van der Waals surface area (Å²) in [6.07, 6.45) is 2.62. The van der Waals surface area contributed by atoms with Gasteiger partial charge in [0, 0.05) is 32.2 Å². The summed E-state index contributed by atoms with van der Waals surface area (Å²) in [4.78, 5) is 20.8. The van der Waals surface area contributed by atoms with Crippen molar-refractivity contribution in [3.05, 3.63) is 22.2 Å². The topological polar surface area (TPSA) is 58.2 Å². The highest BCUT2D eigenvalue weighted by Gasteiger charge is 2.21. The van der Waals surface area contributed by atoms with E-state index in [1.54, 1.807) is 0 Å². The van der Waals surface area contributed by atoms with Crippen molar-refractivity contribution < 1.29 is 4.74 Å². The Morgan fingerprint density at radius 3 is 2.89 bits per heavy atom. The van der Waals surface area contributed by atoms with E-state index in [9.17, 15) is 4.79 Å². The molecule has 1 aromatic heterocycles. The van der Waals surface area contributed by atoms with Gasteiger partial charge in [0.1, 0.15) is 11.6 Å². The molecule has 19 heavy (non-hydrogen) atoms. The molecule has 0 saturated heterocycles. The van der Waals surface area contributed by atoms with Crippen molar-refractivity contribution >= 4 is 5.82 Å². The van der Waals surface area contributed by atoms with Gasteiger partial charge in [0.15, 0.2) is 0 Å². The smallest absolute Gasteiger partial charge is 0.252 e. The molecule has 5 nitrogen and oxygen atoms in total. The van der Waals surface area contributed by atoms with Gasteiger partial charge in [-0.1, -0.05) is 13.8 Å². The van der Waals surface area contributed by atoms with Crippen LogP contribution in [0, 0.1) is 5.92 Å². The first kappa shape index (κ1) is 14.1. The number of hydrogen-bond acceptors (Lipinski definition) is 4. The van der Waals surface area contributed by atoms with Gasteiger partial charge in [0.2, 0.25) is 0 Å². The maximum atomic E-state index is 11.6. The summed E-state index contributed by atoms with van der Waals surface area (Å²) in [5, 5.41) is 0. The van der Waals surface area contributed by atoms with E-state index in [1.165, 1.54) is 18.9 Å². The fraction of sp³-hybridized carbons (Fsp3) is 0.714. The number of ether oxygens (including phenoxy) is 1. The molecule has 0 unspecified atom stereocenters. The van der Waals surface area contributed by atoms with Crippen LogP contribution in [0.3, 0.4) is 0 Å². The third-order valence-corrected chi connectivity index (χ3v) is 3.31. The molecule has 0 bridgehead atoms. The van der Waals surface area contributed by atoms with Gasteiger partial charge in [-0.2, -0.15) is 0 Å². The summed E-state index contributed by atoms with van der Waals surface area (Å²) in [7, 11) is 1.94. The molecule has 1 aliphatic rings. The second kappa shape index (κ2) is 6.19. The number of rotatable bonds is 7. The Morgan fingerprint density at radius 2 is 2.26 bits per heavy atom. The van der Waals surface area contributed by atoms with E-state index in [0.717, 1.165) is 24.9 Å². The highest BCUT2D eigenvalue weighted by atomic mass is 16.5. The summed E-state index contributed by atoms with van der Waals surface area (Å²) in [5.74, 6) is 2.44. The predicted molar refractivity (Wildman–Crippen MR) is 75.8 cm³/mol. The Balaban J connectivity index is 1.89. The second-order valence-corrected chi connectivity index (χ2v) is 5.58. The van der Waals surface area contributed by atoms with E-state index in [2.05, 4.69) is 9.97 Å². The Morgan fingerprint density at radius 1 is 1.53 bits per heavy atom.